The summed E-state index contributed by atoms with van der Waals surface area (Å²) in [5.41, 5.74) is 0.570. The second-order valence-electron chi connectivity index (χ2n) is 6.36. The Labute approximate surface area is 140 Å². The summed E-state index contributed by atoms with van der Waals surface area (Å²) in [5.74, 6) is -0.559. The molecule has 7 nitrogen and oxygen atoms in total. The number of urea groups is 1. The zero-order valence-electron chi connectivity index (χ0n) is 13.6. The summed E-state index contributed by atoms with van der Waals surface area (Å²) in [7, 11) is 0. The van der Waals surface area contributed by atoms with Gasteiger partial charge in [0.2, 0.25) is 5.91 Å². The van der Waals surface area contributed by atoms with Crippen LogP contribution < -0.4 is 15.5 Å². The van der Waals surface area contributed by atoms with Crippen LogP contribution in [0, 0.1) is 0 Å². The number of rotatable bonds is 4. The fraction of sp³-hybridized carbons (Fsp3) is 0.471. The molecule has 2 aliphatic rings. The second kappa shape index (κ2) is 6.60. The smallest absolute Gasteiger partial charge is 0.328 e. The molecular formula is C17H21N3O4. The molecule has 4 amide bonds. The van der Waals surface area contributed by atoms with Gasteiger partial charge in [0.15, 0.2) is 0 Å². The molecule has 2 heterocycles. The van der Waals surface area contributed by atoms with E-state index in [0.717, 1.165) is 12.8 Å². The lowest BCUT2D eigenvalue weighted by Crippen LogP contribution is -2.50. The first-order valence-electron chi connectivity index (χ1n) is 8.11. The van der Waals surface area contributed by atoms with Crippen LogP contribution in [0.15, 0.2) is 24.3 Å². The summed E-state index contributed by atoms with van der Waals surface area (Å²) in [6.45, 7) is 3.38. The van der Waals surface area contributed by atoms with Gasteiger partial charge in [-0.1, -0.05) is 12.1 Å². The minimum absolute atomic E-state index is 0.216. The van der Waals surface area contributed by atoms with Gasteiger partial charge in [0.1, 0.15) is 0 Å². The third-order valence-corrected chi connectivity index (χ3v) is 4.42. The van der Waals surface area contributed by atoms with Crippen LogP contribution in [-0.2, 0) is 9.53 Å². The Morgan fingerprint density at radius 3 is 2.88 bits per heavy atom. The van der Waals surface area contributed by atoms with E-state index in [9.17, 15) is 14.4 Å². The molecule has 3 rings (SSSR count). The Balaban J connectivity index is 1.75. The maximum atomic E-state index is 12.6. The molecule has 1 unspecified atom stereocenters. The van der Waals surface area contributed by atoms with Crippen molar-refractivity contribution in [2.45, 2.75) is 31.8 Å². The molecular weight excluding hydrogens is 310 g/mol. The third-order valence-electron chi connectivity index (χ3n) is 4.42. The number of hydrogen-bond acceptors (Lipinski definition) is 4. The lowest BCUT2D eigenvalue weighted by atomic mass is 10.0. The number of anilines is 1. The zero-order valence-corrected chi connectivity index (χ0v) is 13.6. The predicted molar refractivity (Wildman–Crippen MR) is 87.9 cm³/mol. The van der Waals surface area contributed by atoms with Crippen LogP contribution in [0.3, 0.4) is 0 Å². The topological polar surface area (TPSA) is 87.7 Å². The number of carbonyl (C=O) groups is 3. The summed E-state index contributed by atoms with van der Waals surface area (Å²) >= 11 is 0. The van der Waals surface area contributed by atoms with Gasteiger partial charge < -0.3 is 10.1 Å². The number of hydrogen-bond donors (Lipinski definition) is 2. The average molecular weight is 331 g/mol. The van der Waals surface area contributed by atoms with Crippen LogP contribution in [0.25, 0.3) is 0 Å². The highest BCUT2D eigenvalue weighted by Crippen LogP contribution is 2.25. The number of benzene rings is 1. The standard InChI is InChI=1S/C17H21N3O4/c1-17(8-4-10-24-17)11-18-15(22)12-5-2-3-6-13(12)20-9-7-14(21)19-16(20)23/h2-3,5-6H,4,7-11H2,1H3,(H,18,22)(H,19,21,23). The molecule has 0 saturated carbocycles. The van der Waals surface area contributed by atoms with Gasteiger partial charge in [-0.3, -0.25) is 19.8 Å². The molecule has 1 atom stereocenters. The summed E-state index contributed by atoms with van der Waals surface area (Å²) in [6, 6.07) is 6.39. The van der Waals surface area contributed by atoms with E-state index in [4.69, 9.17) is 4.74 Å². The predicted octanol–water partition coefficient (Wildman–Crippen LogP) is 1.43. The van der Waals surface area contributed by atoms with Crippen molar-refractivity contribution in [2.24, 2.45) is 0 Å². The molecule has 1 aromatic rings. The highest BCUT2D eigenvalue weighted by Gasteiger charge is 2.31. The molecule has 2 saturated heterocycles. The number of amides is 4. The van der Waals surface area contributed by atoms with E-state index in [0.29, 0.717) is 24.4 Å². The molecule has 0 bridgehead atoms. The van der Waals surface area contributed by atoms with Crippen molar-refractivity contribution in [3.8, 4) is 0 Å². The van der Waals surface area contributed by atoms with E-state index in [1.54, 1.807) is 24.3 Å². The molecule has 2 fully saturated rings. The van der Waals surface area contributed by atoms with Gasteiger partial charge >= 0.3 is 6.03 Å². The van der Waals surface area contributed by atoms with Crippen molar-refractivity contribution < 1.29 is 19.1 Å². The number of imide groups is 1. The molecule has 0 aliphatic carbocycles. The number of para-hydroxylation sites is 1. The molecule has 1 aromatic carbocycles. The van der Waals surface area contributed by atoms with Crippen LogP contribution in [0.1, 0.15) is 36.5 Å². The van der Waals surface area contributed by atoms with Crippen molar-refractivity contribution in [1.82, 2.24) is 10.6 Å². The summed E-state index contributed by atoms with van der Waals surface area (Å²) in [5, 5.41) is 5.17. The minimum atomic E-state index is -0.502. The molecule has 0 aromatic heterocycles. The van der Waals surface area contributed by atoms with Gasteiger partial charge in [-0.25, -0.2) is 4.79 Å². The molecule has 7 heteroatoms. The molecule has 24 heavy (non-hydrogen) atoms. The van der Waals surface area contributed by atoms with Crippen molar-refractivity contribution in [1.29, 1.82) is 0 Å². The maximum absolute atomic E-state index is 12.6. The Bertz CT molecular complexity index is 668. The average Bonchev–Trinajstić information content (AvgIpc) is 3.00. The van der Waals surface area contributed by atoms with Gasteiger partial charge in [0, 0.05) is 26.1 Å². The van der Waals surface area contributed by atoms with E-state index in [1.165, 1.54) is 4.90 Å². The van der Waals surface area contributed by atoms with Crippen molar-refractivity contribution in [2.75, 3.05) is 24.6 Å². The summed E-state index contributed by atoms with van der Waals surface area (Å²) in [6.07, 6.45) is 2.12. The largest absolute Gasteiger partial charge is 0.373 e. The Morgan fingerprint density at radius 2 is 2.17 bits per heavy atom. The van der Waals surface area contributed by atoms with Crippen LogP contribution in [0.4, 0.5) is 10.5 Å². The number of nitrogens with one attached hydrogen (secondary N) is 2. The first kappa shape index (κ1) is 16.4. The van der Waals surface area contributed by atoms with Crippen molar-refractivity contribution in [3.63, 3.8) is 0 Å². The second-order valence-corrected chi connectivity index (χ2v) is 6.36. The van der Waals surface area contributed by atoms with E-state index in [1.807, 2.05) is 6.92 Å². The van der Waals surface area contributed by atoms with Gasteiger partial charge in [-0.05, 0) is 31.9 Å². The minimum Gasteiger partial charge on any atom is -0.373 e. The number of carbonyl (C=O) groups excluding carboxylic acids is 3. The molecule has 128 valence electrons. The number of nitrogens with zero attached hydrogens (tertiary/aromatic N) is 1. The Morgan fingerprint density at radius 1 is 1.38 bits per heavy atom. The highest BCUT2D eigenvalue weighted by molar-refractivity contribution is 6.09. The zero-order chi connectivity index (χ0) is 17.2. The quantitative estimate of drug-likeness (QED) is 0.874. The van der Waals surface area contributed by atoms with E-state index < -0.39 is 6.03 Å². The van der Waals surface area contributed by atoms with Crippen LogP contribution in [0.2, 0.25) is 0 Å². The van der Waals surface area contributed by atoms with Crippen LogP contribution in [-0.4, -0.2) is 43.1 Å². The highest BCUT2D eigenvalue weighted by atomic mass is 16.5. The van der Waals surface area contributed by atoms with Gasteiger partial charge in [0.25, 0.3) is 5.91 Å². The van der Waals surface area contributed by atoms with E-state index in [2.05, 4.69) is 10.6 Å². The van der Waals surface area contributed by atoms with Gasteiger partial charge in [0.05, 0.1) is 16.9 Å². The van der Waals surface area contributed by atoms with E-state index in [-0.39, 0.29) is 30.4 Å². The number of ether oxygens (including phenoxy) is 1. The monoisotopic (exact) mass is 331 g/mol. The molecule has 0 spiro atoms. The normalized spacial score (nSPS) is 24.0. The van der Waals surface area contributed by atoms with Gasteiger partial charge in [-0.15, -0.1) is 0 Å². The van der Waals surface area contributed by atoms with Gasteiger partial charge in [-0.2, -0.15) is 0 Å². The third kappa shape index (κ3) is 3.41. The fourth-order valence-corrected chi connectivity index (χ4v) is 3.03. The first-order chi connectivity index (χ1) is 11.5. The SMILES string of the molecule is CC1(CNC(=O)c2ccccc2N2CCC(=O)NC2=O)CCCO1. The van der Waals surface area contributed by atoms with Crippen molar-refractivity contribution in [3.05, 3.63) is 29.8 Å². The van der Waals surface area contributed by atoms with Crippen molar-refractivity contribution >= 4 is 23.5 Å². The summed E-state index contributed by atoms with van der Waals surface area (Å²) in [4.78, 5) is 37.3. The Kier molecular flexibility index (Phi) is 4.53. The molecule has 2 N–H and O–H groups in total. The Hall–Kier alpha value is -2.41. The summed E-state index contributed by atoms with van der Waals surface area (Å²) < 4.78 is 5.68. The molecule has 2 aliphatic heterocycles. The lowest BCUT2D eigenvalue weighted by Gasteiger charge is -2.28. The molecule has 0 radical (unpaired) electrons. The first-order valence-corrected chi connectivity index (χ1v) is 8.11. The van der Waals surface area contributed by atoms with Crippen LogP contribution >= 0.6 is 0 Å². The lowest BCUT2D eigenvalue weighted by molar-refractivity contribution is -0.120. The fourth-order valence-electron chi connectivity index (χ4n) is 3.03. The maximum Gasteiger partial charge on any atom is 0.328 e. The van der Waals surface area contributed by atoms with Crippen LogP contribution in [0.5, 0.6) is 0 Å². The van der Waals surface area contributed by atoms with E-state index >= 15 is 0 Å².